The second-order valence-corrected chi connectivity index (χ2v) is 11.7. The van der Waals surface area contributed by atoms with E-state index in [1.807, 2.05) is 0 Å². The number of halogens is 5. The Labute approximate surface area is 193 Å². The number of aromatic nitrogens is 3. The average Bonchev–Trinajstić information content (AvgIpc) is 3.46. The summed E-state index contributed by atoms with van der Waals surface area (Å²) < 4.78 is 90.4. The summed E-state index contributed by atoms with van der Waals surface area (Å²) in [7, 11) is -3.22. The van der Waals surface area contributed by atoms with E-state index in [1.165, 1.54) is 32.2 Å². The second-order valence-electron chi connectivity index (χ2n) is 9.36. The molecule has 1 unspecified atom stereocenters. The largest absolute Gasteiger partial charge is 0.420 e. The van der Waals surface area contributed by atoms with Crippen LogP contribution in [0.4, 0.5) is 27.6 Å². The molecule has 2 saturated carbocycles. The van der Waals surface area contributed by atoms with Crippen molar-refractivity contribution in [3.8, 4) is 0 Å². The molecule has 0 radical (unpaired) electrons. The van der Waals surface area contributed by atoms with Gasteiger partial charge in [-0.25, -0.2) is 22.8 Å². The van der Waals surface area contributed by atoms with Crippen molar-refractivity contribution >= 4 is 21.3 Å². The second kappa shape index (κ2) is 7.99. The maximum absolute atomic E-state index is 14.1. The van der Waals surface area contributed by atoms with Gasteiger partial charge < -0.3 is 5.32 Å². The Morgan fingerprint density at radius 2 is 1.97 bits per heavy atom. The number of carbonyl (C=O) groups excluding carboxylic acids is 1. The first-order valence-corrected chi connectivity index (χ1v) is 12.5. The molecule has 2 aromatic heterocycles. The highest BCUT2D eigenvalue weighted by Gasteiger charge is 2.55. The van der Waals surface area contributed by atoms with Crippen LogP contribution in [0.2, 0.25) is 0 Å². The maximum Gasteiger partial charge on any atom is 0.420 e. The van der Waals surface area contributed by atoms with Crippen molar-refractivity contribution in [2.75, 3.05) is 11.1 Å². The molecule has 7 nitrogen and oxygen atoms in total. The van der Waals surface area contributed by atoms with Crippen LogP contribution in [0.25, 0.3) is 0 Å². The molecule has 2 aromatic rings. The van der Waals surface area contributed by atoms with Gasteiger partial charge in [0.1, 0.15) is 16.3 Å². The van der Waals surface area contributed by atoms with E-state index in [2.05, 4.69) is 15.4 Å². The lowest BCUT2D eigenvalue weighted by atomic mass is 9.67. The van der Waals surface area contributed by atoms with Crippen molar-refractivity contribution in [3.63, 3.8) is 0 Å². The van der Waals surface area contributed by atoms with Crippen molar-refractivity contribution in [3.05, 3.63) is 35.3 Å². The minimum atomic E-state index is -4.88. The van der Waals surface area contributed by atoms with Crippen molar-refractivity contribution in [1.82, 2.24) is 14.8 Å². The first-order valence-electron chi connectivity index (χ1n) is 10.7. The van der Waals surface area contributed by atoms with Gasteiger partial charge in [0.2, 0.25) is 5.92 Å². The van der Waals surface area contributed by atoms with Crippen LogP contribution in [0, 0.1) is 10.2 Å². The maximum atomic E-state index is 14.1. The first kappa shape index (κ1) is 24.6. The van der Waals surface area contributed by atoms with Crippen LogP contribution in [-0.2, 0) is 22.5 Å². The zero-order valence-electron chi connectivity index (χ0n) is 18.5. The van der Waals surface area contributed by atoms with E-state index < -0.39 is 63.2 Å². The highest BCUT2D eigenvalue weighted by atomic mass is 32.2. The lowest BCUT2D eigenvalue weighted by Crippen LogP contribution is -2.47. The molecule has 2 N–H and O–H groups in total. The van der Waals surface area contributed by atoms with E-state index in [0.29, 0.717) is 12.8 Å². The summed E-state index contributed by atoms with van der Waals surface area (Å²) in [5, 5.41) is 6.34. The molecular weight excluding hydrogens is 481 g/mol. The summed E-state index contributed by atoms with van der Waals surface area (Å²) in [6.45, 7) is 2.79. The molecule has 1 atom stereocenters. The molecule has 1 amide bonds. The van der Waals surface area contributed by atoms with Crippen molar-refractivity contribution < 1.29 is 31.0 Å². The van der Waals surface area contributed by atoms with Crippen LogP contribution in [0.15, 0.2) is 23.4 Å². The fourth-order valence-corrected chi connectivity index (χ4v) is 5.27. The highest BCUT2D eigenvalue weighted by Crippen LogP contribution is 2.53. The minimum absolute atomic E-state index is 0.0126. The van der Waals surface area contributed by atoms with Crippen LogP contribution >= 0.6 is 0 Å². The van der Waals surface area contributed by atoms with Gasteiger partial charge in [0.05, 0.1) is 15.4 Å². The molecule has 2 aliphatic carbocycles. The van der Waals surface area contributed by atoms with Gasteiger partial charge in [-0.15, -0.1) is 0 Å². The summed E-state index contributed by atoms with van der Waals surface area (Å²) in [6, 6.07) is 2.48. The Bertz CT molecular complexity index is 1230. The van der Waals surface area contributed by atoms with Crippen LogP contribution < -0.4 is 5.32 Å². The van der Waals surface area contributed by atoms with Crippen molar-refractivity contribution in [2.24, 2.45) is 5.41 Å². The summed E-state index contributed by atoms with van der Waals surface area (Å²) in [4.78, 5) is 17.0. The number of rotatable bonds is 7. The number of anilines is 1. The van der Waals surface area contributed by atoms with E-state index in [-0.39, 0.29) is 28.7 Å². The fourth-order valence-electron chi connectivity index (χ4n) is 4.42. The molecule has 0 spiro atoms. The number of amides is 1. The molecule has 2 aliphatic rings. The number of carbonyl (C=O) groups is 1. The Kier molecular flexibility index (Phi) is 5.77. The van der Waals surface area contributed by atoms with Gasteiger partial charge in [-0.2, -0.15) is 18.3 Å². The SMILES string of the molecule is CCS(=N)(=O)c1cc(NC(=O)c2c(C(F)(F)F)c(C3CC3)nn2CC2(C)CC(F)(F)C2)ccn1. The van der Waals surface area contributed by atoms with Crippen LogP contribution in [-0.4, -0.2) is 36.6 Å². The van der Waals surface area contributed by atoms with Crippen molar-refractivity contribution in [1.29, 1.82) is 4.78 Å². The molecule has 2 heterocycles. The van der Waals surface area contributed by atoms with Gasteiger partial charge in [-0.3, -0.25) is 9.48 Å². The van der Waals surface area contributed by atoms with Gasteiger partial charge in [0, 0.05) is 42.9 Å². The minimum Gasteiger partial charge on any atom is -0.320 e. The standard InChI is InChI=1S/C21H24F5N5O2S/c1-3-34(27,33)14-8-13(6-7-28-14)29-18(32)17-15(21(24,25)26)16(12-4-5-12)30-31(17)11-19(2)9-20(22,23)10-19/h6-8,12,27H,3-5,9-11H2,1-2H3,(H,28,29,32). The Morgan fingerprint density at radius 3 is 2.50 bits per heavy atom. The van der Waals surface area contributed by atoms with Gasteiger partial charge >= 0.3 is 6.18 Å². The van der Waals surface area contributed by atoms with E-state index in [1.54, 1.807) is 0 Å². The predicted octanol–water partition coefficient (Wildman–Crippen LogP) is 5.29. The molecule has 34 heavy (non-hydrogen) atoms. The predicted molar refractivity (Wildman–Crippen MR) is 113 cm³/mol. The zero-order valence-corrected chi connectivity index (χ0v) is 19.3. The summed E-state index contributed by atoms with van der Waals surface area (Å²) >= 11 is 0. The Morgan fingerprint density at radius 1 is 1.32 bits per heavy atom. The normalized spacial score (nSPS) is 20.9. The Balaban J connectivity index is 1.74. The van der Waals surface area contributed by atoms with Gasteiger partial charge in [-0.1, -0.05) is 13.8 Å². The Hall–Kier alpha value is -2.57. The van der Waals surface area contributed by atoms with E-state index in [0.717, 1.165) is 4.68 Å². The van der Waals surface area contributed by atoms with E-state index >= 15 is 0 Å². The molecular formula is C21H24F5N5O2S. The molecule has 2 fully saturated rings. The molecule has 0 saturated heterocycles. The fraction of sp³-hybridized carbons (Fsp3) is 0.571. The molecule has 0 aromatic carbocycles. The molecule has 186 valence electrons. The number of pyridine rings is 1. The molecule has 0 bridgehead atoms. The third-order valence-corrected chi connectivity index (χ3v) is 7.79. The number of alkyl halides is 5. The van der Waals surface area contributed by atoms with Crippen LogP contribution in [0.1, 0.15) is 67.2 Å². The van der Waals surface area contributed by atoms with Crippen molar-refractivity contribution in [2.45, 2.75) is 69.1 Å². The number of hydrogen-bond donors (Lipinski definition) is 2. The first-order chi connectivity index (χ1) is 15.6. The van der Waals surface area contributed by atoms with Gasteiger partial charge in [-0.05, 0) is 30.4 Å². The third-order valence-electron chi connectivity index (χ3n) is 6.08. The lowest BCUT2D eigenvalue weighted by Gasteiger charge is -2.44. The lowest BCUT2D eigenvalue weighted by molar-refractivity contribution is -0.160. The number of nitrogens with one attached hydrogen (secondary N) is 2. The third kappa shape index (κ3) is 4.80. The smallest absolute Gasteiger partial charge is 0.320 e. The quantitative estimate of drug-likeness (QED) is 0.500. The molecule has 13 heteroatoms. The zero-order chi connectivity index (χ0) is 25.1. The monoisotopic (exact) mass is 505 g/mol. The highest BCUT2D eigenvalue weighted by molar-refractivity contribution is 7.92. The summed E-state index contributed by atoms with van der Waals surface area (Å²) in [5.74, 6) is -4.49. The number of hydrogen-bond acceptors (Lipinski definition) is 5. The van der Waals surface area contributed by atoms with Gasteiger partial charge in [0.15, 0.2) is 0 Å². The molecule has 4 rings (SSSR count). The topological polar surface area (TPSA) is 101 Å². The van der Waals surface area contributed by atoms with E-state index in [4.69, 9.17) is 4.78 Å². The average molecular weight is 506 g/mol. The van der Waals surface area contributed by atoms with E-state index in [9.17, 15) is 31.0 Å². The summed E-state index contributed by atoms with van der Waals surface area (Å²) in [6.07, 6.45) is -3.70. The van der Waals surface area contributed by atoms with Gasteiger partial charge in [0.25, 0.3) is 5.91 Å². The number of nitrogens with zero attached hydrogens (tertiary/aromatic N) is 3. The van der Waals surface area contributed by atoms with Crippen LogP contribution in [0.3, 0.4) is 0 Å². The summed E-state index contributed by atoms with van der Waals surface area (Å²) in [5.41, 5.74) is -3.14. The van der Waals surface area contributed by atoms with Crippen LogP contribution in [0.5, 0.6) is 0 Å². The molecule has 0 aliphatic heterocycles.